The van der Waals surface area contributed by atoms with Crippen molar-refractivity contribution in [3.05, 3.63) is 51.4 Å². The van der Waals surface area contributed by atoms with E-state index in [9.17, 15) is 0 Å². The average Bonchev–Trinajstić information content (AvgIpc) is 2.42. The normalized spacial score (nSPS) is 10.5. The van der Waals surface area contributed by atoms with Crippen molar-refractivity contribution in [1.82, 2.24) is 9.97 Å². The molecule has 0 bridgehead atoms. The van der Waals surface area contributed by atoms with Gasteiger partial charge in [-0.3, -0.25) is 4.98 Å². The zero-order chi connectivity index (χ0) is 13.8. The van der Waals surface area contributed by atoms with Crippen molar-refractivity contribution >= 4 is 29.0 Å². The fourth-order valence-electron chi connectivity index (χ4n) is 1.74. The van der Waals surface area contributed by atoms with Crippen LogP contribution >= 0.6 is 23.2 Å². The summed E-state index contributed by atoms with van der Waals surface area (Å²) in [6, 6.07) is 5.79. The zero-order valence-electron chi connectivity index (χ0n) is 10.9. The number of hydrogen-bond donors (Lipinski definition) is 1. The molecule has 0 unspecified atom stereocenters. The van der Waals surface area contributed by atoms with Crippen LogP contribution < -0.4 is 5.32 Å². The molecule has 0 aliphatic carbocycles. The maximum Gasteiger partial charge on any atom is 0.144 e. The van der Waals surface area contributed by atoms with Gasteiger partial charge in [-0.15, -0.1) is 0 Å². The number of nitrogens with zero attached hydrogens (tertiary/aromatic N) is 2. The van der Waals surface area contributed by atoms with Gasteiger partial charge in [0.2, 0.25) is 0 Å². The van der Waals surface area contributed by atoms with E-state index in [2.05, 4.69) is 28.3 Å². The molecule has 100 valence electrons. The van der Waals surface area contributed by atoms with Crippen molar-refractivity contribution in [1.29, 1.82) is 0 Å². The molecule has 0 atom stereocenters. The summed E-state index contributed by atoms with van der Waals surface area (Å²) in [4.78, 5) is 8.82. The second-order valence-corrected chi connectivity index (χ2v) is 5.00. The lowest BCUT2D eigenvalue weighted by Gasteiger charge is -2.08. The second-order valence-electron chi connectivity index (χ2n) is 4.19. The third-order valence-electron chi connectivity index (χ3n) is 2.88. The van der Waals surface area contributed by atoms with E-state index in [1.807, 2.05) is 12.3 Å². The van der Waals surface area contributed by atoms with Crippen LogP contribution in [-0.4, -0.2) is 17.0 Å². The largest absolute Gasteiger partial charge is 0.372 e. The number of pyridine rings is 2. The highest BCUT2D eigenvalue weighted by molar-refractivity contribution is 6.36. The van der Waals surface area contributed by atoms with E-state index in [1.54, 1.807) is 13.1 Å². The van der Waals surface area contributed by atoms with Crippen molar-refractivity contribution < 1.29 is 0 Å². The minimum Gasteiger partial charge on any atom is -0.372 e. The summed E-state index contributed by atoms with van der Waals surface area (Å²) in [5.41, 5.74) is 2.93. The Bertz CT molecular complexity index is 568. The van der Waals surface area contributed by atoms with Crippen molar-refractivity contribution in [2.75, 3.05) is 12.4 Å². The van der Waals surface area contributed by atoms with E-state index in [4.69, 9.17) is 23.2 Å². The smallest absolute Gasteiger partial charge is 0.144 e. The third kappa shape index (κ3) is 3.37. The number of hydrogen-bond acceptors (Lipinski definition) is 3. The highest BCUT2D eigenvalue weighted by Crippen LogP contribution is 2.26. The van der Waals surface area contributed by atoms with Crippen LogP contribution in [0.2, 0.25) is 10.0 Å². The second kappa shape index (κ2) is 6.22. The van der Waals surface area contributed by atoms with Crippen LogP contribution in [0.25, 0.3) is 0 Å². The van der Waals surface area contributed by atoms with Crippen molar-refractivity contribution in [2.45, 2.75) is 19.8 Å². The predicted molar refractivity (Wildman–Crippen MR) is 80.2 cm³/mol. The molecule has 0 amide bonds. The molecule has 0 aliphatic heterocycles. The molecule has 0 aliphatic rings. The Morgan fingerprint density at radius 2 is 2.00 bits per heavy atom. The predicted octanol–water partition coefficient (Wildman–Crippen LogP) is 3.98. The summed E-state index contributed by atoms with van der Waals surface area (Å²) < 4.78 is 0. The summed E-state index contributed by atoms with van der Waals surface area (Å²) in [6.45, 7) is 2.10. The van der Waals surface area contributed by atoms with Crippen molar-refractivity contribution in [3.63, 3.8) is 0 Å². The molecule has 19 heavy (non-hydrogen) atoms. The Labute approximate surface area is 123 Å². The molecule has 2 rings (SSSR count). The Balaban J connectivity index is 2.26. The van der Waals surface area contributed by atoms with E-state index in [0.29, 0.717) is 22.3 Å². The molecule has 3 nitrogen and oxygen atoms in total. The first-order valence-electron chi connectivity index (χ1n) is 6.10. The number of rotatable bonds is 4. The molecule has 5 heteroatoms. The minimum absolute atomic E-state index is 0.519. The Kier molecular flexibility index (Phi) is 4.61. The molecular formula is C14H15Cl2N3. The first kappa shape index (κ1) is 14.1. The van der Waals surface area contributed by atoms with E-state index >= 15 is 0 Å². The van der Waals surface area contributed by atoms with Crippen LogP contribution in [-0.2, 0) is 12.8 Å². The summed E-state index contributed by atoms with van der Waals surface area (Å²) in [5, 5.41) is 4.02. The van der Waals surface area contributed by atoms with Crippen LogP contribution in [0.4, 0.5) is 5.82 Å². The van der Waals surface area contributed by atoms with Gasteiger partial charge in [0.25, 0.3) is 0 Å². The fraction of sp³-hybridized carbons (Fsp3) is 0.286. The molecule has 0 spiro atoms. The van der Waals surface area contributed by atoms with Gasteiger partial charge in [0, 0.05) is 25.4 Å². The number of aromatic nitrogens is 2. The van der Waals surface area contributed by atoms with E-state index < -0.39 is 0 Å². The molecular weight excluding hydrogens is 281 g/mol. The lowest BCUT2D eigenvalue weighted by atomic mass is 10.1. The van der Waals surface area contributed by atoms with Gasteiger partial charge in [-0.25, -0.2) is 4.98 Å². The quantitative estimate of drug-likeness (QED) is 0.927. The highest BCUT2D eigenvalue weighted by Gasteiger charge is 2.09. The fourth-order valence-corrected chi connectivity index (χ4v) is 2.26. The Morgan fingerprint density at radius 1 is 1.21 bits per heavy atom. The molecule has 1 N–H and O–H groups in total. The number of anilines is 1. The number of aryl methyl sites for hydroxylation is 1. The van der Waals surface area contributed by atoms with Gasteiger partial charge < -0.3 is 5.32 Å². The molecule has 2 aromatic rings. The number of halogens is 2. The minimum atomic E-state index is 0.519. The van der Waals surface area contributed by atoms with Crippen LogP contribution in [0.15, 0.2) is 24.4 Å². The Morgan fingerprint density at radius 3 is 2.58 bits per heavy atom. The lowest BCUT2D eigenvalue weighted by Crippen LogP contribution is -2.01. The van der Waals surface area contributed by atoms with E-state index in [-0.39, 0.29) is 0 Å². The Hall–Kier alpha value is -1.32. The summed E-state index contributed by atoms with van der Waals surface area (Å²) in [6.07, 6.45) is 3.46. The topological polar surface area (TPSA) is 37.8 Å². The van der Waals surface area contributed by atoms with Gasteiger partial charge in [-0.1, -0.05) is 36.2 Å². The van der Waals surface area contributed by atoms with Crippen molar-refractivity contribution in [2.24, 2.45) is 0 Å². The monoisotopic (exact) mass is 295 g/mol. The molecule has 2 heterocycles. The lowest BCUT2D eigenvalue weighted by molar-refractivity contribution is 0.993. The number of nitrogens with one attached hydrogen (secondary N) is 1. The van der Waals surface area contributed by atoms with Gasteiger partial charge in [-0.05, 0) is 24.1 Å². The van der Waals surface area contributed by atoms with Crippen LogP contribution in [0.5, 0.6) is 0 Å². The van der Waals surface area contributed by atoms with Crippen molar-refractivity contribution in [3.8, 4) is 0 Å². The summed E-state index contributed by atoms with van der Waals surface area (Å²) in [7, 11) is 1.78. The summed E-state index contributed by atoms with van der Waals surface area (Å²) in [5.74, 6) is 0.631. The van der Waals surface area contributed by atoms with Gasteiger partial charge in [0.15, 0.2) is 0 Å². The molecule has 0 fully saturated rings. The van der Waals surface area contributed by atoms with Crippen LogP contribution in [0.3, 0.4) is 0 Å². The molecule has 0 radical (unpaired) electrons. The van der Waals surface area contributed by atoms with E-state index in [0.717, 1.165) is 17.8 Å². The summed E-state index contributed by atoms with van der Waals surface area (Å²) >= 11 is 12.2. The highest BCUT2D eigenvalue weighted by atomic mass is 35.5. The molecule has 0 saturated carbocycles. The van der Waals surface area contributed by atoms with Crippen LogP contribution in [0.1, 0.15) is 23.9 Å². The maximum absolute atomic E-state index is 6.16. The molecule has 2 aromatic heterocycles. The standard InChI is InChI=1S/C14H15Cl2N3/c1-3-9-4-5-10(18-8-9)6-13-11(15)7-12(16)14(17-2)19-13/h4-5,7-8H,3,6H2,1-2H3,(H,17,19). The first-order valence-corrected chi connectivity index (χ1v) is 6.86. The van der Waals surface area contributed by atoms with Gasteiger partial charge in [0.05, 0.1) is 15.7 Å². The van der Waals surface area contributed by atoms with Crippen LogP contribution in [0, 0.1) is 0 Å². The first-order chi connectivity index (χ1) is 9.13. The molecule has 0 saturated heterocycles. The van der Waals surface area contributed by atoms with Gasteiger partial charge in [0.1, 0.15) is 5.82 Å². The van der Waals surface area contributed by atoms with Gasteiger partial charge >= 0.3 is 0 Å². The average molecular weight is 296 g/mol. The molecule has 0 aromatic carbocycles. The SMILES string of the molecule is CCc1ccc(Cc2nc(NC)c(Cl)cc2Cl)nc1. The zero-order valence-corrected chi connectivity index (χ0v) is 12.4. The van der Waals surface area contributed by atoms with Gasteiger partial charge in [-0.2, -0.15) is 0 Å². The van der Waals surface area contributed by atoms with E-state index in [1.165, 1.54) is 5.56 Å². The third-order valence-corrected chi connectivity index (χ3v) is 3.50. The maximum atomic E-state index is 6.16.